The van der Waals surface area contributed by atoms with E-state index >= 15 is 0 Å². The maximum Gasteiger partial charge on any atom is 0.157 e. The third-order valence-corrected chi connectivity index (χ3v) is 2.36. The van der Waals surface area contributed by atoms with Crippen molar-refractivity contribution >= 4 is 23.2 Å². The minimum absolute atomic E-state index is 0.0804. The molecule has 0 radical (unpaired) electrons. The van der Waals surface area contributed by atoms with Crippen LogP contribution in [0, 0.1) is 6.92 Å². The van der Waals surface area contributed by atoms with E-state index < -0.39 is 0 Å². The van der Waals surface area contributed by atoms with Gasteiger partial charge in [0.25, 0.3) is 0 Å². The molecule has 0 saturated heterocycles. The Morgan fingerprint density at radius 1 is 1.23 bits per heavy atom. The second kappa shape index (κ2) is 4.21. The summed E-state index contributed by atoms with van der Waals surface area (Å²) in [5.74, 6) is 0.582. The van der Waals surface area contributed by atoms with Crippen LogP contribution in [0.15, 0.2) is 12.1 Å². The Hall–Kier alpha value is -0.400. The molecule has 1 aromatic carbocycles. The molecule has 3 heteroatoms. The average molecular weight is 219 g/mol. The van der Waals surface area contributed by atoms with E-state index in [1.807, 2.05) is 26.8 Å². The minimum atomic E-state index is 0.0804. The molecule has 0 aliphatic rings. The van der Waals surface area contributed by atoms with E-state index in [9.17, 15) is 0 Å². The van der Waals surface area contributed by atoms with Gasteiger partial charge in [0.2, 0.25) is 0 Å². The third-order valence-electron chi connectivity index (χ3n) is 1.60. The van der Waals surface area contributed by atoms with Crippen molar-refractivity contribution in [3.63, 3.8) is 0 Å². The maximum absolute atomic E-state index is 6.03. The van der Waals surface area contributed by atoms with Crippen molar-refractivity contribution < 1.29 is 4.74 Å². The number of aryl methyl sites for hydroxylation is 1. The summed E-state index contributed by atoms with van der Waals surface area (Å²) in [7, 11) is 0. The van der Waals surface area contributed by atoms with Gasteiger partial charge in [0.05, 0.1) is 16.1 Å². The molecule has 0 spiro atoms. The van der Waals surface area contributed by atoms with E-state index in [4.69, 9.17) is 27.9 Å². The Bertz CT molecular complexity index is 308. The zero-order chi connectivity index (χ0) is 10.0. The van der Waals surface area contributed by atoms with Crippen LogP contribution in [0.2, 0.25) is 10.0 Å². The van der Waals surface area contributed by atoms with Gasteiger partial charge in [-0.3, -0.25) is 0 Å². The maximum atomic E-state index is 6.03. The molecule has 0 amide bonds. The number of hydrogen-bond acceptors (Lipinski definition) is 1. The summed E-state index contributed by atoms with van der Waals surface area (Å²) in [6.45, 7) is 5.80. The summed E-state index contributed by atoms with van der Waals surface area (Å²) in [6.07, 6.45) is 0.0804. The molecule has 72 valence electrons. The van der Waals surface area contributed by atoms with Crippen LogP contribution in [0.3, 0.4) is 0 Å². The van der Waals surface area contributed by atoms with Crippen molar-refractivity contribution in [2.75, 3.05) is 0 Å². The summed E-state index contributed by atoms with van der Waals surface area (Å²) in [5.41, 5.74) is 0.974. The molecule has 0 heterocycles. The van der Waals surface area contributed by atoms with Gasteiger partial charge in [-0.2, -0.15) is 0 Å². The minimum Gasteiger partial charge on any atom is -0.488 e. The Labute approximate surface area is 88.6 Å². The highest BCUT2D eigenvalue weighted by molar-refractivity contribution is 6.37. The van der Waals surface area contributed by atoms with Gasteiger partial charge in [0.15, 0.2) is 5.75 Å². The van der Waals surface area contributed by atoms with Crippen LogP contribution in [0.4, 0.5) is 0 Å². The van der Waals surface area contributed by atoms with Crippen LogP contribution in [0.25, 0.3) is 0 Å². The number of hydrogen-bond donors (Lipinski definition) is 0. The molecule has 0 fully saturated rings. The summed E-state index contributed by atoms with van der Waals surface area (Å²) in [5, 5.41) is 1.16. The number of halogens is 2. The summed E-state index contributed by atoms with van der Waals surface area (Å²) in [6, 6.07) is 3.67. The van der Waals surface area contributed by atoms with E-state index in [0.29, 0.717) is 15.8 Å². The van der Waals surface area contributed by atoms with Gasteiger partial charge in [0.1, 0.15) is 0 Å². The van der Waals surface area contributed by atoms with Crippen LogP contribution < -0.4 is 4.74 Å². The lowest BCUT2D eigenvalue weighted by atomic mass is 10.2. The first-order valence-electron chi connectivity index (χ1n) is 4.13. The van der Waals surface area contributed by atoms with Gasteiger partial charge in [-0.15, -0.1) is 0 Å². The van der Waals surface area contributed by atoms with Crippen LogP contribution in [-0.2, 0) is 0 Å². The molecular formula is C10H12Cl2O. The zero-order valence-corrected chi connectivity index (χ0v) is 9.41. The second-order valence-electron chi connectivity index (χ2n) is 3.17. The summed E-state index contributed by atoms with van der Waals surface area (Å²) in [4.78, 5) is 0. The lowest BCUT2D eigenvalue weighted by Gasteiger charge is -2.13. The Kier molecular flexibility index (Phi) is 3.46. The number of rotatable bonds is 2. The molecule has 0 aliphatic heterocycles. The van der Waals surface area contributed by atoms with Crippen LogP contribution >= 0.6 is 23.2 Å². The van der Waals surface area contributed by atoms with Gasteiger partial charge in [-0.1, -0.05) is 29.3 Å². The monoisotopic (exact) mass is 218 g/mol. The molecule has 0 aromatic heterocycles. The Morgan fingerprint density at radius 3 is 2.38 bits per heavy atom. The van der Waals surface area contributed by atoms with Crippen molar-refractivity contribution in [2.24, 2.45) is 0 Å². The first kappa shape index (κ1) is 10.7. The van der Waals surface area contributed by atoms with Crippen LogP contribution in [0.1, 0.15) is 19.4 Å². The van der Waals surface area contributed by atoms with Crippen molar-refractivity contribution in [3.05, 3.63) is 27.7 Å². The predicted octanol–water partition coefficient (Wildman–Crippen LogP) is 4.09. The normalized spacial score (nSPS) is 10.6. The largest absolute Gasteiger partial charge is 0.488 e. The van der Waals surface area contributed by atoms with Gasteiger partial charge in [-0.05, 0) is 32.4 Å². The zero-order valence-electron chi connectivity index (χ0n) is 7.90. The highest BCUT2D eigenvalue weighted by Crippen LogP contribution is 2.35. The first-order valence-corrected chi connectivity index (χ1v) is 4.89. The Balaban J connectivity index is 3.10. The highest BCUT2D eigenvalue weighted by Gasteiger charge is 2.10. The fourth-order valence-corrected chi connectivity index (χ4v) is 1.43. The SMILES string of the molecule is Cc1ccc(Cl)c(OC(C)C)c1Cl. The standard InChI is InChI=1S/C10H12Cl2O/c1-6(2)13-10-8(11)5-4-7(3)9(10)12/h4-6H,1-3H3. The van der Waals surface area contributed by atoms with E-state index in [0.717, 1.165) is 5.56 Å². The smallest absolute Gasteiger partial charge is 0.157 e. The van der Waals surface area contributed by atoms with Crippen molar-refractivity contribution in [1.29, 1.82) is 0 Å². The first-order chi connectivity index (χ1) is 6.02. The van der Waals surface area contributed by atoms with Gasteiger partial charge in [0, 0.05) is 0 Å². The molecule has 0 aliphatic carbocycles. The molecule has 13 heavy (non-hydrogen) atoms. The summed E-state index contributed by atoms with van der Waals surface area (Å²) < 4.78 is 5.49. The molecular weight excluding hydrogens is 207 g/mol. The molecule has 0 bridgehead atoms. The molecule has 0 unspecified atom stereocenters. The molecule has 1 rings (SSSR count). The number of benzene rings is 1. The predicted molar refractivity (Wildman–Crippen MR) is 57.0 cm³/mol. The van der Waals surface area contributed by atoms with Crippen molar-refractivity contribution in [3.8, 4) is 5.75 Å². The van der Waals surface area contributed by atoms with E-state index in [-0.39, 0.29) is 6.10 Å². The fourth-order valence-electron chi connectivity index (χ4n) is 0.975. The second-order valence-corrected chi connectivity index (χ2v) is 3.96. The van der Waals surface area contributed by atoms with E-state index in [2.05, 4.69) is 0 Å². The quantitative estimate of drug-likeness (QED) is 0.727. The Morgan fingerprint density at radius 2 is 1.85 bits per heavy atom. The molecule has 0 N–H and O–H groups in total. The van der Waals surface area contributed by atoms with Gasteiger partial charge < -0.3 is 4.74 Å². The summed E-state index contributed by atoms with van der Waals surface area (Å²) >= 11 is 12.0. The highest BCUT2D eigenvalue weighted by atomic mass is 35.5. The average Bonchev–Trinajstić information content (AvgIpc) is 2.05. The van der Waals surface area contributed by atoms with Crippen molar-refractivity contribution in [1.82, 2.24) is 0 Å². The van der Waals surface area contributed by atoms with E-state index in [1.54, 1.807) is 6.07 Å². The van der Waals surface area contributed by atoms with E-state index in [1.165, 1.54) is 0 Å². The molecule has 0 atom stereocenters. The van der Waals surface area contributed by atoms with Crippen molar-refractivity contribution in [2.45, 2.75) is 26.9 Å². The molecule has 0 saturated carbocycles. The fraction of sp³-hybridized carbons (Fsp3) is 0.400. The van der Waals surface area contributed by atoms with Crippen LogP contribution in [0.5, 0.6) is 5.75 Å². The van der Waals surface area contributed by atoms with Gasteiger partial charge >= 0.3 is 0 Å². The van der Waals surface area contributed by atoms with Gasteiger partial charge in [-0.25, -0.2) is 0 Å². The molecule has 1 nitrogen and oxygen atoms in total. The topological polar surface area (TPSA) is 9.23 Å². The lowest BCUT2D eigenvalue weighted by Crippen LogP contribution is -2.06. The van der Waals surface area contributed by atoms with Crippen LogP contribution in [-0.4, -0.2) is 6.10 Å². The number of ether oxygens (including phenoxy) is 1. The molecule has 1 aromatic rings. The lowest BCUT2D eigenvalue weighted by molar-refractivity contribution is 0.242. The third kappa shape index (κ3) is 2.52.